The number of oxime groups is 1. The van der Waals surface area contributed by atoms with E-state index in [1.807, 2.05) is 6.92 Å². The number of nitrogens with zero attached hydrogens (tertiary/aromatic N) is 1. The molecule has 3 aromatic rings. The van der Waals surface area contributed by atoms with Gasteiger partial charge in [-0.2, -0.15) is 0 Å². The Morgan fingerprint density at radius 2 is 1.88 bits per heavy atom. The molecular formula is C24H22ClFN2O4. The SMILES string of the molecule is CCOc1cc(/C=N/OCC(=O)Nc2ccc(Cl)cc2)ccc1OCc1cccc(F)c1. The molecule has 0 unspecified atom stereocenters. The molecular weight excluding hydrogens is 435 g/mol. The number of anilines is 1. The Hall–Kier alpha value is -3.58. The van der Waals surface area contributed by atoms with Crippen LogP contribution in [0.2, 0.25) is 5.02 Å². The van der Waals surface area contributed by atoms with E-state index in [2.05, 4.69) is 10.5 Å². The third-order valence-corrected chi connectivity index (χ3v) is 4.40. The molecule has 0 aromatic heterocycles. The van der Waals surface area contributed by atoms with Crippen LogP contribution in [-0.2, 0) is 16.2 Å². The van der Waals surface area contributed by atoms with Crippen LogP contribution in [0.25, 0.3) is 0 Å². The van der Waals surface area contributed by atoms with E-state index in [0.717, 1.165) is 0 Å². The molecule has 0 saturated carbocycles. The summed E-state index contributed by atoms with van der Waals surface area (Å²) in [6.45, 7) is 2.27. The van der Waals surface area contributed by atoms with Crippen molar-refractivity contribution in [3.8, 4) is 11.5 Å². The summed E-state index contributed by atoms with van der Waals surface area (Å²) in [6.07, 6.45) is 1.47. The average Bonchev–Trinajstić information content (AvgIpc) is 2.78. The summed E-state index contributed by atoms with van der Waals surface area (Å²) >= 11 is 5.81. The van der Waals surface area contributed by atoms with E-state index in [9.17, 15) is 9.18 Å². The van der Waals surface area contributed by atoms with Gasteiger partial charge in [0.1, 0.15) is 12.4 Å². The summed E-state index contributed by atoms with van der Waals surface area (Å²) < 4.78 is 24.7. The molecule has 0 bridgehead atoms. The van der Waals surface area contributed by atoms with Crippen LogP contribution in [0.5, 0.6) is 11.5 Å². The zero-order chi connectivity index (χ0) is 22.8. The fourth-order valence-corrected chi connectivity index (χ4v) is 2.83. The third kappa shape index (κ3) is 7.28. The summed E-state index contributed by atoms with van der Waals surface area (Å²) in [5, 5.41) is 7.09. The zero-order valence-corrected chi connectivity index (χ0v) is 18.1. The number of carbonyl (C=O) groups excluding carboxylic acids is 1. The van der Waals surface area contributed by atoms with Crippen LogP contribution < -0.4 is 14.8 Å². The van der Waals surface area contributed by atoms with Crippen LogP contribution in [0.15, 0.2) is 71.9 Å². The molecule has 0 radical (unpaired) electrons. The summed E-state index contributed by atoms with van der Waals surface area (Å²) in [4.78, 5) is 17.0. The van der Waals surface area contributed by atoms with Crippen LogP contribution in [0.3, 0.4) is 0 Å². The number of nitrogens with one attached hydrogen (secondary N) is 1. The monoisotopic (exact) mass is 456 g/mol. The van der Waals surface area contributed by atoms with Crippen LogP contribution in [0.1, 0.15) is 18.1 Å². The fraction of sp³-hybridized carbons (Fsp3) is 0.167. The lowest BCUT2D eigenvalue weighted by Crippen LogP contribution is -2.16. The molecule has 0 aliphatic rings. The normalized spacial score (nSPS) is 10.7. The van der Waals surface area contributed by atoms with Gasteiger partial charge in [0.05, 0.1) is 12.8 Å². The van der Waals surface area contributed by atoms with Gasteiger partial charge in [-0.1, -0.05) is 28.9 Å². The van der Waals surface area contributed by atoms with Crippen LogP contribution >= 0.6 is 11.6 Å². The van der Waals surface area contributed by atoms with Crippen molar-refractivity contribution in [2.75, 3.05) is 18.5 Å². The van der Waals surface area contributed by atoms with Crippen molar-refractivity contribution in [2.45, 2.75) is 13.5 Å². The quantitative estimate of drug-likeness (QED) is 0.325. The minimum Gasteiger partial charge on any atom is -0.490 e. The molecule has 3 aromatic carbocycles. The number of carbonyl (C=O) groups is 1. The standard InChI is InChI=1S/C24H22ClFN2O4/c1-2-30-23-13-17(6-11-22(23)31-15-18-4-3-5-20(26)12-18)14-27-32-16-24(29)28-21-9-7-19(25)8-10-21/h3-14H,2,15-16H2,1H3,(H,28,29)/b27-14+. The van der Waals surface area contributed by atoms with Gasteiger partial charge in [-0.3, -0.25) is 4.79 Å². The first-order chi connectivity index (χ1) is 15.5. The second-order valence-corrected chi connectivity index (χ2v) is 7.06. The van der Waals surface area contributed by atoms with Crippen LogP contribution in [0, 0.1) is 5.82 Å². The molecule has 1 amide bonds. The lowest BCUT2D eigenvalue weighted by molar-refractivity contribution is -0.120. The van der Waals surface area contributed by atoms with Gasteiger partial charge in [0, 0.05) is 16.3 Å². The van der Waals surface area contributed by atoms with Crippen molar-refractivity contribution in [3.05, 3.63) is 88.7 Å². The van der Waals surface area contributed by atoms with E-state index in [0.29, 0.717) is 39.9 Å². The Morgan fingerprint density at radius 3 is 2.62 bits per heavy atom. The Balaban J connectivity index is 1.54. The second-order valence-electron chi connectivity index (χ2n) is 6.62. The second kappa shape index (κ2) is 11.7. The van der Waals surface area contributed by atoms with Gasteiger partial charge >= 0.3 is 0 Å². The van der Waals surface area contributed by atoms with Crippen molar-refractivity contribution < 1.29 is 23.5 Å². The molecule has 0 spiro atoms. The lowest BCUT2D eigenvalue weighted by atomic mass is 10.2. The van der Waals surface area contributed by atoms with E-state index in [-0.39, 0.29) is 24.9 Å². The van der Waals surface area contributed by atoms with Gasteiger partial charge < -0.3 is 19.6 Å². The Kier molecular flexibility index (Phi) is 8.45. The summed E-state index contributed by atoms with van der Waals surface area (Å²) in [5.41, 5.74) is 2.02. The molecule has 1 N–H and O–H groups in total. The minimum absolute atomic E-state index is 0.205. The van der Waals surface area contributed by atoms with Crippen LogP contribution in [0.4, 0.5) is 10.1 Å². The molecule has 166 valence electrons. The van der Waals surface area contributed by atoms with E-state index in [1.54, 1.807) is 54.6 Å². The molecule has 0 saturated heterocycles. The predicted molar refractivity (Wildman–Crippen MR) is 122 cm³/mol. The molecule has 32 heavy (non-hydrogen) atoms. The maximum absolute atomic E-state index is 13.3. The van der Waals surface area contributed by atoms with E-state index in [1.165, 1.54) is 18.3 Å². The fourth-order valence-electron chi connectivity index (χ4n) is 2.70. The first kappa shape index (κ1) is 23.1. The molecule has 0 fully saturated rings. The number of amides is 1. The van der Waals surface area contributed by atoms with Gasteiger partial charge in [0.2, 0.25) is 0 Å². The molecule has 0 heterocycles. The van der Waals surface area contributed by atoms with Crippen molar-refractivity contribution in [3.63, 3.8) is 0 Å². The number of hydrogen-bond acceptors (Lipinski definition) is 5. The molecule has 0 aliphatic heterocycles. The maximum Gasteiger partial charge on any atom is 0.265 e. The van der Waals surface area contributed by atoms with E-state index in [4.69, 9.17) is 25.9 Å². The minimum atomic E-state index is -0.347. The highest BCUT2D eigenvalue weighted by molar-refractivity contribution is 6.30. The third-order valence-electron chi connectivity index (χ3n) is 4.15. The van der Waals surface area contributed by atoms with Gasteiger partial charge in [0.25, 0.3) is 5.91 Å². The first-order valence-corrected chi connectivity index (χ1v) is 10.3. The highest BCUT2D eigenvalue weighted by Gasteiger charge is 2.07. The van der Waals surface area contributed by atoms with E-state index < -0.39 is 0 Å². The van der Waals surface area contributed by atoms with Crippen molar-refractivity contribution in [2.24, 2.45) is 5.16 Å². The van der Waals surface area contributed by atoms with E-state index >= 15 is 0 Å². The van der Waals surface area contributed by atoms with Gasteiger partial charge in [-0.05, 0) is 67.1 Å². The van der Waals surface area contributed by atoms with Gasteiger partial charge in [0.15, 0.2) is 18.1 Å². The summed E-state index contributed by atoms with van der Waals surface area (Å²) in [7, 11) is 0. The first-order valence-electron chi connectivity index (χ1n) is 9.88. The average molecular weight is 457 g/mol. The Morgan fingerprint density at radius 1 is 1.06 bits per heavy atom. The Bertz CT molecular complexity index is 1070. The highest BCUT2D eigenvalue weighted by Crippen LogP contribution is 2.29. The maximum atomic E-state index is 13.3. The molecule has 6 nitrogen and oxygen atoms in total. The van der Waals surface area contributed by atoms with Crippen molar-refractivity contribution >= 4 is 29.4 Å². The number of rotatable bonds is 10. The molecule has 0 aliphatic carbocycles. The summed E-state index contributed by atoms with van der Waals surface area (Å²) in [6, 6.07) is 18.2. The lowest BCUT2D eigenvalue weighted by Gasteiger charge is -2.12. The van der Waals surface area contributed by atoms with Crippen molar-refractivity contribution in [1.82, 2.24) is 0 Å². The highest BCUT2D eigenvalue weighted by atomic mass is 35.5. The number of benzene rings is 3. The number of ether oxygens (including phenoxy) is 2. The zero-order valence-electron chi connectivity index (χ0n) is 17.4. The molecule has 3 rings (SSSR count). The molecule has 8 heteroatoms. The number of hydrogen-bond donors (Lipinski definition) is 1. The molecule has 0 atom stereocenters. The van der Waals surface area contributed by atoms with Gasteiger partial charge in [-0.15, -0.1) is 0 Å². The Labute approximate surface area is 190 Å². The topological polar surface area (TPSA) is 69.2 Å². The smallest absolute Gasteiger partial charge is 0.265 e. The van der Waals surface area contributed by atoms with Crippen molar-refractivity contribution in [1.29, 1.82) is 0 Å². The number of halogens is 2. The van der Waals surface area contributed by atoms with Crippen LogP contribution in [-0.4, -0.2) is 25.3 Å². The largest absolute Gasteiger partial charge is 0.490 e. The predicted octanol–water partition coefficient (Wildman–Crippen LogP) is 5.45. The summed E-state index contributed by atoms with van der Waals surface area (Å²) in [5.74, 6) is 0.384. The van der Waals surface area contributed by atoms with Gasteiger partial charge in [-0.25, -0.2) is 4.39 Å².